The Morgan fingerprint density at radius 2 is 1.73 bits per heavy atom. The fourth-order valence-electron chi connectivity index (χ4n) is 6.03. The van der Waals surface area contributed by atoms with E-state index in [1.807, 2.05) is 12.1 Å². The molecule has 1 unspecified atom stereocenters. The molecule has 2 aromatic rings. The molecule has 9 nitrogen and oxygen atoms in total. The van der Waals surface area contributed by atoms with Crippen LogP contribution in [0.25, 0.3) is 0 Å². The van der Waals surface area contributed by atoms with Crippen molar-refractivity contribution in [2.24, 2.45) is 0 Å². The summed E-state index contributed by atoms with van der Waals surface area (Å²) in [6, 6.07) is 14.2. The normalized spacial score (nSPS) is 20.6. The molecular formula is C32H43N5O4. The third kappa shape index (κ3) is 8.15. The smallest absolute Gasteiger partial charge is 0.243 e. The number of imide groups is 1. The lowest BCUT2D eigenvalue weighted by molar-refractivity contribution is -0.134. The fourth-order valence-corrected chi connectivity index (χ4v) is 6.03. The Kier molecular flexibility index (Phi) is 10.4. The second-order valence-electron chi connectivity index (χ2n) is 11.4. The first-order valence-corrected chi connectivity index (χ1v) is 15.1. The molecule has 41 heavy (non-hydrogen) atoms. The second-order valence-corrected chi connectivity index (χ2v) is 11.4. The number of rotatable bonds is 12. The van der Waals surface area contributed by atoms with Crippen LogP contribution in [0, 0.1) is 0 Å². The van der Waals surface area contributed by atoms with Crippen LogP contribution in [-0.2, 0) is 16.1 Å². The van der Waals surface area contributed by atoms with E-state index in [0.29, 0.717) is 30.9 Å². The first kappa shape index (κ1) is 29.2. The molecule has 0 spiro atoms. The van der Waals surface area contributed by atoms with Crippen LogP contribution in [0.2, 0.25) is 0 Å². The quantitative estimate of drug-likeness (QED) is 0.207. The highest BCUT2D eigenvalue weighted by Gasteiger charge is 2.26. The van der Waals surface area contributed by atoms with Crippen molar-refractivity contribution in [1.29, 1.82) is 0 Å². The molecule has 3 saturated heterocycles. The van der Waals surface area contributed by atoms with Crippen LogP contribution in [0.4, 0.5) is 5.69 Å². The van der Waals surface area contributed by atoms with E-state index in [2.05, 4.69) is 56.1 Å². The van der Waals surface area contributed by atoms with E-state index in [-0.39, 0.29) is 11.8 Å². The number of unbranched alkanes of at least 4 members (excludes halogenated alkanes) is 1. The number of anilines is 1. The van der Waals surface area contributed by atoms with Gasteiger partial charge < -0.3 is 20.3 Å². The number of nitrogens with one attached hydrogen (secondary N) is 3. The van der Waals surface area contributed by atoms with Crippen LogP contribution in [0.5, 0.6) is 5.75 Å². The summed E-state index contributed by atoms with van der Waals surface area (Å²) in [4.78, 5) is 40.0. The molecule has 5 rings (SSSR count). The van der Waals surface area contributed by atoms with E-state index >= 15 is 0 Å². The maximum absolute atomic E-state index is 12.1. The van der Waals surface area contributed by atoms with Gasteiger partial charge in [0.25, 0.3) is 0 Å². The minimum absolute atomic E-state index is 0.232. The number of amides is 2. The Morgan fingerprint density at radius 1 is 0.951 bits per heavy atom. The molecule has 0 saturated carbocycles. The van der Waals surface area contributed by atoms with Gasteiger partial charge in [-0.25, -0.2) is 0 Å². The average molecular weight is 562 g/mol. The first-order chi connectivity index (χ1) is 20.1. The molecule has 2 amide bonds. The van der Waals surface area contributed by atoms with Crippen LogP contribution in [0.3, 0.4) is 0 Å². The van der Waals surface area contributed by atoms with Crippen LogP contribution in [-0.4, -0.2) is 81.5 Å². The molecule has 9 heteroatoms. The van der Waals surface area contributed by atoms with Crippen molar-refractivity contribution in [3.05, 3.63) is 59.2 Å². The Morgan fingerprint density at radius 3 is 2.46 bits per heavy atom. The summed E-state index contributed by atoms with van der Waals surface area (Å²) in [5, 5.41) is 9.02. The predicted molar refractivity (Wildman–Crippen MR) is 160 cm³/mol. The molecular weight excluding hydrogens is 518 g/mol. The minimum Gasteiger partial charge on any atom is -0.494 e. The van der Waals surface area contributed by atoms with E-state index < -0.39 is 6.04 Å². The lowest BCUT2D eigenvalue weighted by Gasteiger charge is -2.36. The molecule has 3 heterocycles. The van der Waals surface area contributed by atoms with Crippen molar-refractivity contribution < 1.29 is 19.1 Å². The topological polar surface area (TPSA) is 103 Å². The summed E-state index contributed by atoms with van der Waals surface area (Å²) in [5.41, 5.74) is 4.00. The third-order valence-electron chi connectivity index (χ3n) is 8.60. The van der Waals surface area contributed by atoms with E-state index in [1.165, 1.54) is 18.4 Å². The number of piperidine rings is 2. The van der Waals surface area contributed by atoms with Crippen LogP contribution >= 0.6 is 0 Å². The number of benzene rings is 2. The third-order valence-corrected chi connectivity index (χ3v) is 8.60. The van der Waals surface area contributed by atoms with Crippen LogP contribution in [0.1, 0.15) is 65.9 Å². The molecule has 3 N–H and O–H groups in total. The van der Waals surface area contributed by atoms with E-state index in [0.717, 1.165) is 88.5 Å². The molecule has 3 aliphatic heterocycles. The number of hydrogen-bond acceptors (Lipinski definition) is 8. The Balaban J connectivity index is 1.01. The highest BCUT2D eigenvalue weighted by atomic mass is 16.5. The lowest BCUT2D eigenvalue weighted by Crippen LogP contribution is -2.50. The summed E-state index contributed by atoms with van der Waals surface area (Å²) in [5.74, 6) is 1.10. The lowest BCUT2D eigenvalue weighted by atomic mass is 9.90. The van der Waals surface area contributed by atoms with E-state index in [1.54, 1.807) is 0 Å². The van der Waals surface area contributed by atoms with E-state index in [4.69, 9.17) is 4.74 Å². The standard InChI is InChI=1S/C32H43N5O4/c38-23-26-3-6-28(21-27(26)22-34-30-9-10-31(39)35-32(30)40)37-18-16-36(17-19-37)15-1-2-20-41-29-7-4-24(5-8-29)25-11-13-33-14-12-25/h3-8,21,23,25,30,33-34H,1-2,9-20,22H2,(H,35,39,40). The van der Waals surface area contributed by atoms with E-state index in [9.17, 15) is 14.4 Å². The summed E-state index contributed by atoms with van der Waals surface area (Å²) in [6.45, 7) is 8.29. The van der Waals surface area contributed by atoms with Gasteiger partial charge in [0.15, 0.2) is 0 Å². The zero-order valence-electron chi connectivity index (χ0n) is 23.9. The first-order valence-electron chi connectivity index (χ1n) is 15.1. The van der Waals surface area contributed by atoms with Crippen molar-refractivity contribution >= 4 is 23.8 Å². The van der Waals surface area contributed by atoms with Gasteiger partial charge in [-0.2, -0.15) is 0 Å². The summed E-state index contributed by atoms with van der Waals surface area (Å²) >= 11 is 0. The Bertz CT molecular complexity index is 1170. The monoisotopic (exact) mass is 561 g/mol. The van der Waals surface area contributed by atoms with Gasteiger partial charge in [-0.05, 0) is 99.1 Å². The zero-order chi connectivity index (χ0) is 28.4. The number of piperazine rings is 1. The zero-order valence-corrected chi connectivity index (χ0v) is 23.9. The van der Waals surface area contributed by atoms with Gasteiger partial charge in [0.2, 0.25) is 11.8 Å². The number of aldehydes is 1. The van der Waals surface area contributed by atoms with Crippen molar-refractivity contribution in [1.82, 2.24) is 20.9 Å². The number of nitrogens with zero attached hydrogens (tertiary/aromatic N) is 2. The van der Waals surface area contributed by atoms with Gasteiger partial charge in [0.1, 0.15) is 12.0 Å². The van der Waals surface area contributed by atoms with Crippen molar-refractivity contribution in [2.45, 2.75) is 57.0 Å². The molecule has 0 bridgehead atoms. The largest absolute Gasteiger partial charge is 0.494 e. The molecule has 2 aromatic carbocycles. The Hall–Kier alpha value is -3.27. The van der Waals surface area contributed by atoms with Gasteiger partial charge >= 0.3 is 0 Å². The molecule has 0 aromatic heterocycles. The number of ether oxygens (including phenoxy) is 1. The summed E-state index contributed by atoms with van der Waals surface area (Å²) in [7, 11) is 0. The number of carbonyl (C=O) groups excluding carboxylic acids is 3. The fraction of sp³-hybridized carbons (Fsp3) is 0.531. The summed E-state index contributed by atoms with van der Waals surface area (Å²) in [6.07, 6.45) is 6.23. The highest BCUT2D eigenvalue weighted by Crippen LogP contribution is 2.27. The van der Waals surface area contributed by atoms with Crippen LogP contribution in [0.15, 0.2) is 42.5 Å². The molecule has 3 fully saturated rings. The SMILES string of the molecule is O=Cc1ccc(N2CCN(CCCCOc3ccc(C4CCNCC4)cc3)CC2)cc1CNC1CCC(=O)NC1=O. The van der Waals surface area contributed by atoms with Gasteiger partial charge in [0.05, 0.1) is 12.6 Å². The molecule has 0 aliphatic carbocycles. The second kappa shape index (κ2) is 14.6. The maximum Gasteiger partial charge on any atom is 0.243 e. The summed E-state index contributed by atoms with van der Waals surface area (Å²) < 4.78 is 6.01. The Labute approximate surface area is 243 Å². The molecule has 3 aliphatic rings. The van der Waals surface area contributed by atoms with Gasteiger partial charge in [-0.3, -0.25) is 24.6 Å². The van der Waals surface area contributed by atoms with Crippen molar-refractivity contribution in [2.75, 3.05) is 57.3 Å². The van der Waals surface area contributed by atoms with Crippen LogP contribution < -0.4 is 25.6 Å². The maximum atomic E-state index is 12.1. The molecule has 220 valence electrons. The average Bonchev–Trinajstić information content (AvgIpc) is 3.01. The molecule has 0 radical (unpaired) electrons. The minimum atomic E-state index is -0.422. The predicted octanol–water partition coefficient (Wildman–Crippen LogP) is 2.84. The van der Waals surface area contributed by atoms with Gasteiger partial charge in [-0.1, -0.05) is 12.1 Å². The van der Waals surface area contributed by atoms with Crippen molar-refractivity contribution in [3.63, 3.8) is 0 Å². The molecule has 1 atom stereocenters. The highest BCUT2D eigenvalue weighted by molar-refractivity contribution is 6.00. The number of hydrogen-bond donors (Lipinski definition) is 3. The van der Waals surface area contributed by atoms with Gasteiger partial charge in [0, 0.05) is 50.4 Å². The van der Waals surface area contributed by atoms with Gasteiger partial charge in [-0.15, -0.1) is 0 Å². The number of carbonyl (C=O) groups is 3. The van der Waals surface area contributed by atoms with Crippen molar-refractivity contribution in [3.8, 4) is 5.75 Å².